The molecule has 1 unspecified atom stereocenters. The van der Waals surface area contributed by atoms with E-state index in [0.717, 1.165) is 22.2 Å². The van der Waals surface area contributed by atoms with Crippen LogP contribution in [0.1, 0.15) is 10.4 Å². The van der Waals surface area contributed by atoms with Gasteiger partial charge in [-0.05, 0) is 24.3 Å². The van der Waals surface area contributed by atoms with Crippen molar-refractivity contribution in [2.75, 3.05) is 13.2 Å². The number of nitrogens with one attached hydrogen (secondary N) is 2. The number of carbonyl (C=O) groups is 1. The smallest absolute Gasteiger partial charge is 0.251 e. The molecule has 0 saturated carbocycles. The lowest BCUT2D eigenvalue weighted by atomic mass is 10.1. The van der Waals surface area contributed by atoms with Crippen LogP contribution >= 0.6 is 0 Å². The molecule has 0 spiro atoms. The summed E-state index contributed by atoms with van der Waals surface area (Å²) in [6, 6.07) is 11.0. The fourth-order valence-electron chi connectivity index (χ4n) is 2.37. The summed E-state index contributed by atoms with van der Waals surface area (Å²) in [4.78, 5) is 19.5. The number of aromatic nitrogens is 2. The van der Waals surface area contributed by atoms with Crippen LogP contribution in [-0.4, -0.2) is 45.3 Å². The highest BCUT2D eigenvalue weighted by Gasteiger charge is 2.10. The van der Waals surface area contributed by atoms with Crippen LogP contribution < -0.4 is 5.32 Å². The molecule has 0 saturated heterocycles. The van der Waals surface area contributed by atoms with E-state index in [1.54, 1.807) is 18.3 Å². The zero-order valence-electron chi connectivity index (χ0n) is 12.4. The standard InChI is InChI=1S/C17H17N3O3/c21-10-13(22)9-20-17(23)12-3-1-11(2-4-12)16-14-5-7-18-15(14)6-8-19-16/h1-8,13,18,21-22H,9-10H2,(H,20,23). The quantitative estimate of drug-likeness (QED) is 0.571. The highest BCUT2D eigenvalue weighted by molar-refractivity contribution is 5.96. The molecule has 0 bridgehead atoms. The van der Waals surface area contributed by atoms with Crippen molar-refractivity contribution < 1.29 is 15.0 Å². The fraction of sp³-hybridized carbons (Fsp3) is 0.176. The van der Waals surface area contributed by atoms with Gasteiger partial charge in [0.25, 0.3) is 5.91 Å². The first-order chi connectivity index (χ1) is 11.2. The molecule has 6 nitrogen and oxygen atoms in total. The summed E-state index contributed by atoms with van der Waals surface area (Å²) < 4.78 is 0. The summed E-state index contributed by atoms with van der Waals surface area (Å²) in [5.74, 6) is -0.295. The predicted octanol–water partition coefficient (Wildman–Crippen LogP) is 1.31. The second-order valence-corrected chi connectivity index (χ2v) is 5.22. The Morgan fingerprint density at radius 2 is 2.00 bits per heavy atom. The Morgan fingerprint density at radius 3 is 2.74 bits per heavy atom. The Balaban J connectivity index is 1.79. The number of pyridine rings is 1. The molecule has 118 valence electrons. The predicted molar refractivity (Wildman–Crippen MR) is 87.0 cm³/mol. The van der Waals surface area contributed by atoms with Gasteiger partial charge in [-0.3, -0.25) is 9.78 Å². The number of fused-ring (bicyclic) bond motifs is 1. The van der Waals surface area contributed by atoms with Gasteiger partial charge < -0.3 is 20.5 Å². The zero-order valence-corrected chi connectivity index (χ0v) is 12.4. The maximum atomic E-state index is 12.0. The maximum Gasteiger partial charge on any atom is 0.251 e. The molecule has 1 amide bonds. The topological polar surface area (TPSA) is 98.2 Å². The van der Waals surface area contributed by atoms with Crippen molar-refractivity contribution in [3.8, 4) is 11.3 Å². The van der Waals surface area contributed by atoms with Crippen molar-refractivity contribution in [3.63, 3.8) is 0 Å². The van der Waals surface area contributed by atoms with E-state index < -0.39 is 6.10 Å². The van der Waals surface area contributed by atoms with Gasteiger partial charge in [0, 0.05) is 41.0 Å². The van der Waals surface area contributed by atoms with Gasteiger partial charge >= 0.3 is 0 Å². The highest BCUT2D eigenvalue weighted by atomic mass is 16.3. The van der Waals surface area contributed by atoms with Gasteiger partial charge in [-0.2, -0.15) is 0 Å². The molecule has 2 aromatic heterocycles. The van der Waals surface area contributed by atoms with Gasteiger partial charge in [0.05, 0.1) is 18.4 Å². The molecule has 6 heteroatoms. The molecule has 0 aliphatic heterocycles. The van der Waals surface area contributed by atoms with Gasteiger partial charge in [-0.15, -0.1) is 0 Å². The van der Waals surface area contributed by atoms with Crippen molar-refractivity contribution in [2.45, 2.75) is 6.10 Å². The van der Waals surface area contributed by atoms with Crippen molar-refractivity contribution in [1.29, 1.82) is 0 Å². The van der Waals surface area contributed by atoms with Crippen molar-refractivity contribution in [2.24, 2.45) is 0 Å². The third-order valence-corrected chi connectivity index (χ3v) is 3.61. The van der Waals surface area contributed by atoms with Crippen LogP contribution in [0.3, 0.4) is 0 Å². The average Bonchev–Trinajstić information content (AvgIpc) is 3.08. The zero-order chi connectivity index (χ0) is 16.2. The van der Waals surface area contributed by atoms with Crippen LogP contribution in [0.15, 0.2) is 48.8 Å². The Morgan fingerprint density at radius 1 is 1.22 bits per heavy atom. The minimum absolute atomic E-state index is 0.0152. The van der Waals surface area contributed by atoms with Gasteiger partial charge in [0.15, 0.2) is 0 Å². The van der Waals surface area contributed by atoms with E-state index in [2.05, 4.69) is 15.3 Å². The SMILES string of the molecule is O=C(NCC(O)CO)c1ccc(-c2nccc3[nH]ccc23)cc1. The van der Waals surface area contributed by atoms with Gasteiger partial charge in [-0.1, -0.05) is 12.1 Å². The van der Waals surface area contributed by atoms with E-state index >= 15 is 0 Å². The van der Waals surface area contributed by atoms with Crippen LogP contribution in [0.2, 0.25) is 0 Å². The monoisotopic (exact) mass is 311 g/mol. The largest absolute Gasteiger partial charge is 0.394 e. The summed E-state index contributed by atoms with van der Waals surface area (Å²) in [7, 11) is 0. The molecule has 0 aliphatic carbocycles. The first-order valence-corrected chi connectivity index (χ1v) is 7.28. The van der Waals surface area contributed by atoms with E-state index in [9.17, 15) is 9.90 Å². The van der Waals surface area contributed by atoms with E-state index in [0.29, 0.717) is 5.56 Å². The molecule has 1 atom stereocenters. The molecule has 3 aromatic rings. The number of hydrogen-bond acceptors (Lipinski definition) is 4. The molecule has 4 N–H and O–H groups in total. The average molecular weight is 311 g/mol. The Kier molecular flexibility index (Phi) is 4.36. The van der Waals surface area contributed by atoms with Crippen LogP contribution in [0, 0.1) is 0 Å². The van der Waals surface area contributed by atoms with Gasteiger partial charge in [-0.25, -0.2) is 0 Å². The molecular formula is C17H17N3O3. The number of benzene rings is 1. The van der Waals surface area contributed by atoms with Crippen LogP contribution in [0.25, 0.3) is 22.2 Å². The number of amides is 1. The minimum Gasteiger partial charge on any atom is -0.394 e. The molecule has 1 aromatic carbocycles. The fourth-order valence-corrected chi connectivity index (χ4v) is 2.37. The van der Waals surface area contributed by atoms with Gasteiger partial charge in [0.2, 0.25) is 0 Å². The number of H-pyrrole nitrogens is 1. The minimum atomic E-state index is -0.950. The second kappa shape index (κ2) is 6.60. The van der Waals surface area contributed by atoms with E-state index in [4.69, 9.17) is 5.11 Å². The Bertz CT molecular complexity index is 811. The third kappa shape index (κ3) is 3.23. The summed E-state index contributed by atoms with van der Waals surface area (Å²) in [6.07, 6.45) is 2.66. The van der Waals surface area contributed by atoms with E-state index in [-0.39, 0.29) is 19.1 Å². The molecule has 23 heavy (non-hydrogen) atoms. The molecule has 0 radical (unpaired) electrons. The lowest BCUT2D eigenvalue weighted by Crippen LogP contribution is -2.33. The van der Waals surface area contributed by atoms with Crippen molar-refractivity contribution in [1.82, 2.24) is 15.3 Å². The molecular weight excluding hydrogens is 294 g/mol. The number of carbonyl (C=O) groups excluding carboxylic acids is 1. The Hall–Kier alpha value is -2.70. The normalized spacial score (nSPS) is 12.3. The van der Waals surface area contributed by atoms with Crippen molar-refractivity contribution >= 4 is 16.8 Å². The van der Waals surface area contributed by atoms with Crippen LogP contribution in [-0.2, 0) is 0 Å². The number of nitrogens with zero attached hydrogens (tertiary/aromatic N) is 1. The number of aliphatic hydroxyl groups excluding tert-OH is 2. The highest BCUT2D eigenvalue weighted by Crippen LogP contribution is 2.25. The van der Waals surface area contributed by atoms with Gasteiger partial charge in [0.1, 0.15) is 0 Å². The Labute approximate surface area is 132 Å². The van der Waals surface area contributed by atoms with E-state index in [1.807, 2.05) is 30.5 Å². The molecule has 3 rings (SSSR count). The van der Waals surface area contributed by atoms with Crippen molar-refractivity contribution in [3.05, 3.63) is 54.4 Å². The maximum absolute atomic E-state index is 12.0. The summed E-state index contributed by atoms with van der Waals surface area (Å²) >= 11 is 0. The first-order valence-electron chi connectivity index (χ1n) is 7.28. The molecule has 0 fully saturated rings. The summed E-state index contributed by atoms with van der Waals surface area (Å²) in [5.41, 5.74) is 3.27. The first kappa shape index (κ1) is 15.2. The number of rotatable bonds is 5. The summed E-state index contributed by atoms with van der Waals surface area (Å²) in [5, 5.41) is 21.6. The van der Waals surface area contributed by atoms with Crippen LogP contribution in [0.4, 0.5) is 0 Å². The third-order valence-electron chi connectivity index (χ3n) is 3.61. The second-order valence-electron chi connectivity index (χ2n) is 5.22. The molecule has 0 aliphatic rings. The lowest BCUT2D eigenvalue weighted by molar-refractivity contribution is 0.0802. The van der Waals surface area contributed by atoms with Crippen LogP contribution in [0.5, 0.6) is 0 Å². The number of hydrogen-bond donors (Lipinski definition) is 4. The molecule has 2 heterocycles. The number of aromatic amines is 1. The lowest BCUT2D eigenvalue weighted by Gasteiger charge is -2.09. The summed E-state index contributed by atoms with van der Waals surface area (Å²) in [6.45, 7) is -0.368. The van der Waals surface area contributed by atoms with E-state index in [1.165, 1.54) is 0 Å². The number of aliphatic hydroxyl groups is 2.